The minimum Gasteiger partial charge on any atom is -0.347 e. The molecule has 6 heteroatoms. The summed E-state index contributed by atoms with van der Waals surface area (Å²) in [6, 6.07) is 0. The highest BCUT2D eigenvalue weighted by Gasteiger charge is 2.24. The van der Waals surface area contributed by atoms with E-state index in [-0.39, 0.29) is 17.0 Å². The van der Waals surface area contributed by atoms with Crippen molar-refractivity contribution >= 4 is 27.5 Å². The van der Waals surface area contributed by atoms with Crippen molar-refractivity contribution in [2.45, 2.75) is 52.6 Å². The topological polar surface area (TPSA) is 64.0 Å². The maximum atomic E-state index is 12.6. The van der Waals surface area contributed by atoms with Crippen molar-refractivity contribution < 1.29 is 4.79 Å². The zero-order valence-electron chi connectivity index (χ0n) is 12.7. The normalized spacial score (nSPS) is 14.5. The third-order valence-corrected chi connectivity index (χ3v) is 4.79. The summed E-state index contributed by atoms with van der Waals surface area (Å²) in [7, 11) is 0. The van der Waals surface area contributed by atoms with Crippen LogP contribution >= 0.6 is 11.3 Å². The number of aryl methyl sites for hydroxylation is 2. The number of carbonyl (C=O) groups excluding carboxylic acids is 1. The molecule has 1 N–H and O–H groups in total. The standard InChI is InChI=1S/C15H19N3O2S/c1-8-10-13(16-9-6-5-7-18(9)14(10)20)21-11(8)12(19)17-15(2,3)4/h5-7H2,1-4H3,(H,17,19). The van der Waals surface area contributed by atoms with Gasteiger partial charge in [-0.3, -0.25) is 14.2 Å². The van der Waals surface area contributed by atoms with Crippen LogP contribution in [0.5, 0.6) is 0 Å². The Balaban J connectivity index is 2.15. The summed E-state index contributed by atoms with van der Waals surface area (Å²) in [5.74, 6) is 0.712. The molecular formula is C15H19N3O2S. The predicted octanol–water partition coefficient (Wildman–Crippen LogP) is 2.24. The summed E-state index contributed by atoms with van der Waals surface area (Å²) in [6.45, 7) is 8.39. The van der Waals surface area contributed by atoms with E-state index in [1.54, 1.807) is 4.57 Å². The number of amides is 1. The van der Waals surface area contributed by atoms with Crippen LogP contribution in [0.2, 0.25) is 0 Å². The summed E-state index contributed by atoms with van der Waals surface area (Å²) in [5, 5.41) is 3.55. The fourth-order valence-electron chi connectivity index (χ4n) is 2.69. The van der Waals surface area contributed by atoms with Crippen LogP contribution in [0.15, 0.2) is 4.79 Å². The average Bonchev–Trinajstić information content (AvgIpc) is 2.92. The molecule has 21 heavy (non-hydrogen) atoms. The summed E-state index contributed by atoms with van der Waals surface area (Å²) in [4.78, 5) is 30.8. The molecule has 1 aliphatic heterocycles. The van der Waals surface area contributed by atoms with E-state index in [0.29, 0.717) is 15.1 Å². The zero-order valence-corrected chi connectivity index (χ0v) is 13.6. The highest BCUT2D eigenvalue weighted by Crippen LogP contribution is 2.28. The van der Waals surface area contributed by atoms with Crippen LogP contribution in [0.3, 0.4) is 0 Å². The third kappa shape index (κ3) is 2.37. The fourth-order valence-corrected chi connectivity index (χ4v) is 3.77. The fraction of sp³-hybridized carbons (Fsp3) is 0.533. The van der Waals surface area contributed by atoms with Crippen molar-refractivity contribution in [3.05, 3.63) is 26.6 Å². The Hall–Kier alpha value is -1.69. The molecule has 0 aromatic carbocycles. The first-order chi connectivity index (χ1) is 9.78. The maximum Gasteiger partial charge on any atom is 0.262 e. The maximum absolute atomic E-state index is 12.6. The van der Waals surface area contributed by atoms with Crippen LogP contribution in [0.1, 0.15) is 48.3 Å². The van der Waals surface area contributed by atoms with Gasteiger partial charge in [-0.25, -0.2) is 4.98 Å². The Morgan fingerprint density at radius 2 is 2.10 bits per heavy atom. The molecular weight excluding hydrogens is 286 g/mol. The number of nitrogens with zero attached hydrogens (tertiary/aromatic N) is 2. The SMILES string of the molecule is Cc1c(C(=O)NC(C)(C)C)sc2nc3n(c(=O)c12)CCC3. The van der Waals surface area contributed by atoms with Crippen molar-refractivity contribution in [1.82, 2.24) is 14.9 Å². The third-order valence-electron chi connectivity index (χ3n) is 3.61. The first-order valence-electron chi connectivity index (χ1n) is 7.13. The molecule has 0 fully saturated rings. The molecule has 3 heterocycles. The van der Waals surface area contributed by atoms with Crippen LogP contribution in [0.25, 0.3) is 10.2 Å². The van der Waals surface area contributed by atoms with Crippen LogP contribution in [0.4, 0.5) is 0 Å². The quantitative estimate of drug-likeness (QED) is 0.879. The Morgan fingerprint density at radius 3 is 2.76 bits per heavy atom. The van der Waals surface area contributed by atoms with E-state index in [2.05, 4.69) is 10.3 Å². The lowest BCUT2D eigenvalue weighted by Gasteiger charge is -2.20. The van der Waals surface area contributed by atoms with Crippen molar-refractivity contribution in [2.24, 2.45) is 0 Å². The smallest absolute Gasteiger partial charge is 0.262 e. The number of hydrogen-bond acceptors (Lipinski definition) is 4. The second-order valence-electron chi connectivity index (χ2n) is 6.53. The van der Waals surface area contributed by atoms with Crippen LogP contribution < -0.4 is 10.9 Å². The summed E-state index contributed by atoms with van der Waals surface area (Å²) in [5.41, 5.74) is 0.441. The molecule has 0 unspecified atom stereocenters. The Morgan fingerprint density at radius 1 is 1.38 bits per heavy atom. The molecule has 3 rings (SSSR count). The van der Waals surface area contributed by atoms with Gasteiger partial charge in [-0.2, -0.15) is 0 Å². The van der Waals surface area contributed by atoms with Crippen molar-refractivity contribution in [3.8, 4) is 0 Å². The molecule has 5 nitrogen and oxygen atoms in total. The second kappa shape index (κ2) is 4.66. The van der Waals surface area contributed by atoms with E-state index in [0.717, 1.165) is 30.8 Å². The van der Waals surface area contributed by atoms with E-state index < -0.39 is 0 Å². The van der Waals surface area contributed by atoms with Gasteiger partial charge in [-0.15, -0.1) is 11.3 Å². The summed E-state index contributed by atoms with van der Waals surface area (Å²) < 4.78 is 1.74. The van der Waals surface area contributed by atoms with Gasteiger partial charge < -0.3 is 5.32 Å². The Bertz CT molecular complexity index is 796. The van der Waals surface area contributed by atoms with E-state index in [4.69, 9.17) is 0 Å². The van der Waals surface area contributed by atoms with Crippen LogP contribution in [0, 0.1) is 6.92 Å². The molecule has 2 aromatic heterocycles. The van der Waals surface area contributed by atoms with Crippen LogP contribution in [-0.4, -0.2) is 21.0 Å². The molecule has 0 saturated carbocycles. The molecule has 0 saturated heterocycles. The number of aromatic nitrogens is 2. The second-order valence-corrected chi connectivity index (χ2v) is 7.53. The number of fused-ring (bicyclic) bond motifs is 2. The van der Waals surface area contributed by atoms with E-state index in [1.807, 2.05) is 27.7 Å². The first kappa shape index (κ1) is 14.3. The van der Waals surface area contributed by atoms with Crippen LogP contribution in [-0.2, 0) is 13.0 Å². The molecule has 2 aromatic rings. The zero-order chi connectivity index (χ0) is 15.4. The van der Waals surface area contributed by atoms with Gasteiger partial charge in [0.25, 0.3) is 11.5 Å². The van der Waals surface area contributed by atoms with Gasteiger partial charge in [0.2, 0.25) is 0 Å². The lowest BCUT2D eigenvalue weighted by molar-refractivity contribution is 0.0923. The molecule has 0 radical (unpaired) electrons. The van der Waals surface area contributed by atoms with Crippen molar-refractivity contribution in [1.29, 1.82) is 0 Å². The van der Waals surface area contributed by atoms with Gasteiger partial charge in [-0.1, -0.05) is 0 Å². The van der Waals surface area contributed by atoms with Gasteiger partial charge >= 0.3 is 0 Å². The first-order valence-corrected chi connectivity index (χ1v) is 7.95. The predicted molar refractivity (Wildman–Crippen MR) is 84.2 cm³/mol. The van der Waals surface area contributed by atoms with Crippen molar-refractivity contribution in [3.63, 3.8) is 0 Å². The minimum atomic E-state index is -0.302. The molecule has 0 spiro atoms. The van der Waals surface area contributed by atoms with E-state index in [1.165, 1.54) is 11.3 Å². The van der Waals surface area contributed by atoms with Gasteiger partial charge in [0, 0.05) is 18.5 Å². The largest absolute Gasteiger partial charge is 0.347 e. The molecule has 0 bridgehead atoms. The number of thiophene rings is 1. The van der Waals surface area contributed by atoms with Gasteiger partial charge in [0.05, 0.1) is 10.3 Å². The lowest BCUT2D eigenvalue weighted by atomic mass is 10.1. The van der Waals surface area contributed by atoms with Gasteiger partial charge in [0.1, 0.15) is 10.7 Å². The van der Waals surface area contributed by atoms with Crippen molar-refractivity contribution in [2.75, 3.05) is 0 Å². The highest BCUT2D eigenvalue weighted by atomic mass is 32.1. The molecule has 0 atom stereocenters. The van der Waals surface area contributed by atoms with Gasteiger partial charge in [0.15, 0.2) is 0 Å². The average molecular weight is 305 g/mol. The number of nitrogens with one attached hydrogen (secondary N) is 1. The monoisotopic (exact) mass is 305 g/mol. The van der Waals surface area contributed by atoms with E-state index in [9.17, 15) is 9.59 Å². The Kier molecular flexibility index (Phi) is 3.16. The molecule has 0 aliphatic carbocycles. The summed E-state index contributed by atoms with van der Waals surface area (Å²) >= 11 is 1.32. The number of hydrogen-bond donors (Lipinski definition) is 1. The number of rotatable bonds is 1. The molecule has 1 amide bonds. The Labute approximate surface area is 127 Å². The molecule has 112 valence electrons. The highest BCUT2D eigenvalue weighted by molar-refractivity contribution is 7.20. The number of carbonyl (C=O) groups is 1. The summed E-state index contributed by atoms with van der Waals surface area (Å²) in [6.07, 6.45) is 1.81. The van der Waals surface area contributed by atoms with E-state index >= 15 is 0 Å². The van der Waals surface area contributed by atoms with Gasteiger partial charge in [-0.05, 0) is 39.7 Å². The lowest BCUT2D eigenvalue weighted by Crippen LogP contribution is -2.40. The minimum absolute atomic E-state index is 0.00365. The molecule has 1 aliphatic rings.